The number of furan rings is 1. The van der Waals surface area contributed by atoms with Gasteiger partial charge >= 0.3 is 0 Å². The lowest BCUT2D eigenvalue weighted by Crippen LogP contribution is -2.50. The van der Waals surface area contributed by atoms with Crippen molar-refractivity contribution in [2.75, 3.05) is 32.7 Å². The van der Waals surface area contributed by atoms with E-state index in [1.807, 2.05) is 12.1 Å². The largest absolute Gasteiger partial charge is 0.468 e. The van der Waals surface area contributed by atoms with Crippen LogP contribution in [0.4, 0.5) is 0 Å². The van der Waals surface area contributed by atoms with Gasteiger partial charge < -0.3 is 14.6 Å². The highest BCUT2D eigenvalue weighted by molar-refractivity contribution is 5.79. The van der Waals surface area contributed by atoms with Gasteiger partial charge in [-0.05, 0) is 69.4 Å². The Morgan fingerprint density at radius 1 is 1.00 bits per heavy atom. The second-order valence-corrected chi connectivity index (χ2v) is 8.51. The first-order valence-electron chi connectivity index (χ1n) is 11.1. The maximum Gasteiger partial charge on any atom is 0.223 e. The van der Waals surface area contributed by atoms with Crippen LogP contribution < -0.4 is 5.32 Å². The van der Waals surface area contributed by atoms with E-state index in [-0.39, 0.29) is 11.8 Å². The molecule has 1 aromatic carbocycles. The molecule has 5 nitrogen and oxygen atoms in total. The van der Waals surface area contributed by atoms with E-state index in [2.05, 4.69) is 45.4 Å². The van der Waals surface area contributed by atoms with Crippen molar-refractivity contribution in [3.63, 3.8) is 0 Å². The molecule has 2 saturated heterocycles. The highest BCUT2D eigenvalue weighted by Gasteiger charge is 2.28. The Morgan fingerprint density at radius 2 is 1.83 bits per heavy atom. The number of nitrogens with zero attached hydrogens (tertiary/aromatic N) is 2. The van der Waals surface area contributed by atoms with Crippen molar-refractivity contribution in [3.8, 4) is 0 Å². The number of likely N-dealkylation sites (tertiary alicyclic amines) is 2. The molecule has 2 aliphatic rings. The SMILES string of the molecule is O=C(N[C@@H]1CCCN(CCc2ccccc2)C1)C1CCN(Cc2ccco2)CC1. The molecule has 0 saturated carbocycles. The van der Waals surface area contributed by atoms with Crippen LogP contribution in [-0.4, -0.2) is 54.5 Å². The fourth-order valence-corrected chi connectivity index (χ4v) is 4.60. The Kier molecular flexibility index (Phi) is 7.01. The van der Waals surface area contributed by atoms with Gasteiger partial charge in [0.2, 0.25) is 5.91 Å². The third-order valence-electron chi connectivity index (χ3n) is 6.33. The minimum Gasteiger partial charge on any atom is -0.468 e. The summed E-state index contributed by atoms with van der Waals surface area (Å²) < 4.78 is 5.44. The minimum atomic E-state index is 0.155. The van der Waals surface area contributed by atoms with Crippen LogP contribution in [-0.2, 0) is 17.8 Å². The van der Waals surface area contributed by atoms with E-state index in [9.17, 15) is 4.79 Å². The molecule has 2 aliphatic heterocycles. The number of amides is 1. The van der Waals surface area contributed by atoms with E-state index < -0.39 is 0 Å². The molecule has 0 unspecified atom stereocenters. The Hall–Kier alpha value is -2.11. The van der Waals surface area contributed by atoms with Crippen LogP contribution in [0.2, 0.25) is 0 Å². The van der Waals surface area contributed by atoms with Crippen LogP contribution in [0.1, 0.15) is 37.0 Å². The average Bonchev–Trinajstić information content (AvgIpc) is 3.27. The molecule has 0 spiro atoms. The first-order chi connectivity index (χ1) is 14.3. The number of piperidine rings is 2. The van der Waals surface area contributed by atoms with Gasteiger partial charge in [-0.1, -0.05) is 30.3 Å². The van der Waals surface area contributed by atoms with E-state index in [1.165, 1.54) is 12.0 Å². The fraction of sp³-hybridized carbons (Fsp3) is 0.542. The van der Waals surface area contributed by atoms with Gasteiger partial charge in [-0.3, -0.25) is 9.69 Å². The normalized spacial score (nSPS) is 21.9. The Bertz CT molecular complexity index is 739. The number of hydrogen-bond acceptors (Lipinski definition) is 4. The average molecular weight is 396 g/mol. The maximum absolute atomic E-state index is 12.8. The zero-order valence-electron chi connectivity index (χ0n) is 17.3. The molecular formula is C24H33N3O2. The van der Waals surface area contributed by atoms with Gasteiger partial charge in [0.1, 0.15) is 5.76 Å². The molecule has 29 heavy (non-hydrogen) atoms. The lowest BCUT2D eigenvalue weighted by atomic mass is 9.94. The van der Waals surface area contributed by atoms with E-state index in [4.69, 9.17) is 4.42 Å². The molecule has 1 amide bonds. The van der Waals surface area contributed by atoms with Crippen molar-refractivity contribution in [1.82, 2.24) is 15.1 Å². The molecule has 0 aliphatic carbocycles. The number of benzene rings is 1. The molecule has 156 valence electrons. The number of nitrogens with one attached hydrogen (secondary N) is 1. The summed E-state index contributed by atoms with van der Waals surface area (Å²) >= 11 is 0. The maximum atomic E-state index is 12.8. The predicted octanol–water partition coefficient (Wildman–Crippen LogP) is 3.31. The zero-order valence-corrected chi connectivity index (χ0v) is 17.3. The van der Waals surface area contributed by atoms with E-state index in [1.54, 1.807) is 6.26 Å². The third kappa shape index (κ3) is 5.94. The van der Waals surface area contributed by atoms with Gasteiger partial charge in [0.05, 0.1) is 12.8 Å². The summed E-state index contributed by atoms with van der Waals surface area (Å²) in [6.45, 7) is 5.97. The molecule has 2 aromatic rings. The first kappa shape index (κ1) is 20.2. The van der Waals surface area contributed by atoms with Crippen molar-refractivity contribution in [1.29, 1.82) is 0 Å². The lowest BCUT2D eigenvalue weighted by molar-refractivity contribution is -0.127. The van der Waals surface area contributed by atoms with Crippen LogP contribution in [0.5, 0.6) is 0 Å². The number of rotatable bonds is 7. The van der Waals surface area contributed by atoms with Crippen LogP contribution >= 0.6 is 0 Å². The van der Waals surface area contributed by atoms with Crippen molar-refractivity contribution in [2.45, 2.75) is 44.7 Å². The van der Waals surface area contributed by atoms with E-state index >= 15 is 0 Å². The van der Waals surface area contributed by atoms with Gasteiger partial charge in [-0.25, -0.2) is 0 Å². The topological polar surface area (TPSA) is 48.7 Å². The van der Waals surface area contributed by atoms with Crippen molar-refractivity contribution in [2.24, 2.45) is 5.92 Å². The summed E-state index contributed by atoms with van der Waals surface area (Å²) in [5, 5.41) is 3.36. The summed E-state index contributed by atoms with van der Waals surface area (Å²) in [4.78, 5) is 17.7. The molecule has 2 fully saturated rings. The number of carbonyl (C=O) groups excluding carboxylic acids is 1. The van der Waals surface area contributed by atoms with Gasteiger partial charge in [0.25, 0.3) is 0 Å². The molecule has 1 N–H and O–H groups in total. The number of hydrogen-bond donors (Lipinski definition) is 1. The molecule has 1 atom stereocenters. The molecule has 0 radical (unpaired) electrons. The van der Waals surface area contributed by atoms with Crippen molar-refractivity contribution < 1.29 is 9.21 Å². The van der Waals surface area contributed by atoms with Crippen LogP contribution in [0.15, 0.2) is 53.1 Å². The smallest absolute Gasteiger partial charge is 0.223 e. The standard InChI is InChI=1S/C24H33N3O2/c28-24(21-11-15-27(16-12-21)19-23-9-5-17-29-23)25-22-8-4-13-26(18-22)14-10-20-6-2-1-3-7-20/h1-3,5-7,9,17,21-22H,4,8,10-16,18-19H2,(H,25,28)/t22-/m1/s1. The Labute approximate surface area is 174 Å². The van der Waals surface area contributed by atoms with E-state index in [0.29, 0.717) is 6.04 Å². The molecule has 5 heteroatoms. The summed E-state index contributed by atoms with van der Waals surface area (Å²) in [6, 6.07) is 14.9. The Balaban J connectivity index is 1.18. The first-order valence-corrected chi connectivity index (χ1v) is 11.1. The van der Waals surface area contributed by atoms with Gasteiger partial charge in [-0.15, -0.1) is 0 Å². The predicted molar refractivity (Wildman–Crippen MR) is 114 cm³/mol. The lowest BCUT2D eigenvalue weighted by Gasteiger charge is -2.35. The molecule has 1 aromatic heterocycles. The molecule has 3 heterocycles. The highest BCUT2D eigenvalue weighted by Crippen LogP contribution is 2.20. The molecular weight excluding hydrogens is 362 g/mol. The summed E-state index contributed by atoms with van der Waals surface area (Å²) in [6.07, 6.45) is 6.96. The minimum absolute atomic E-state index is 0.155. The summed E-state index contributed by atoms with van der Waals surface area (Å²) in [7, 11) is 0. The second-order valence-electron chi connectivity index (χ2n) is 8.51. The summed E-state index contributed by atoms with van der Waals surface area (Å²) in [5.41, 5.74) is 1.39. The third-order valence-corrected chi connectivity index (χ3v) is 6.33. The van der Waals surface area contributed by atoms with Crippen LogP contribution in [0, 0.1) is 5.92 Å². The highest BCUT2D eigenvalue weighted by atomic mass is 16.3. The Morgan fingerprint density at radius 3 is 2.59 bits per heavy atom. The van der Waals surface area contributed by atoms with Gasteiger partial charge in [0, 0.05) is 25.0 Å². The van der Waals surface area contributed by atoms with Crippen molar-refractivity contribution >= 4 is 5.91 Å². The monoisotopic (exact) mass is 395 g/mol. The van der Waals surface area contributed by atoms with Gasteiger partial charge in [0.15, 0.2) is 0 Å². The van der Waals surface area contributed by atoms with Crippen LogP contribution in [0.25, 0.3) is 0 Å². The second kappa shape index (κ2) is 10.1. The quantitative estimate of drug-likeness (QED) is 0.781. The molecule has 0 bridgehead atoms. The van der Waals surface area contributed by atoms with E-state index in [0.717, 1.165) is 70.7 Å². The zero-order chi connectivity index (χ0) is 19.9. The molecule has 4 rings (SSSR count). The summed E-state index contributed by atoms with van der Waals surface area (Å²) in [5.74, 6) is 1.42. The van der Waals surface area contributed by atoms with Gasteiger partial charge in [-0.2, -0.15) is 0 Å². The van der Waals surface area contributed by atoms with Crippen LogP contribution in [0.3, 0.4) is 0 Å². The van der Waals surface area contributed by atoms with Crippen molar-refractivity contribution in [3.05, 3.63) is 60.1 Å². The number of carbonyl (C=O) groups is 1. The fourth-order valence-electron chi connectivity index (χ4n) is 4.60.